The summed E-state index contributed by atoms with van der Waals surface area (Å²) in [5.74, 6) is 0.476. The number of ether oxygens (including phenoxy) is 1. The maximum atomic E-state index is 13.6. The SMILES string of the molecule is COc1ccc(CCCN(C)[C@@H]2CCS(=O)(=O)C2)cc1F. The van der Waals surface area contributed by atoms with E-state index in [4.69, 9.17) is 4.74 Å². The van der Waals surface area contributed by atoms with Gasteiger partial charge in [0.05, 0.1) is 18.6 Å². The van der Waals surface area contributed by atoms with E-state index < -0.39 is 9.84 Å². The van der Waals surface area contributed by atoms with Gasteiger partial charge in [0.2, 0.25) is 0 Å². The summed E-state index contributed by atoms with van der Waals surface area (Å²) in [7, 11) is 0.569. The van der Waals surface area contributed by atoms with Gasteiger partial charge in [-0.05, 0) is 50.6 Å². The highest BCUT2D eigenvalue weighted by Crippen LogP contribution is 2.19. The molecule has 1 aromatic rings. The lowest BCUT2D eigenvalue weighted by Gasteiger charge is -2.22. The molecule has 0 amide bonds. The summed E-state index contributed by atoms with van der Waals surface area (Å²) in [6, 6.07) is 5.13. The Balaban J connectivity index is 1.80. The highest BCUT2D eigenvalue weighted by Gasteiger charge is 2.30. The Bertz CT molecular complexity index is 589. The number of aryl methyl sites for hydroxylation is 1. The van der Waals surface area contributed by atoms with Gasteiger partial charge in [0.1, 0.15) is 0 Å². The fraction of sp³-hybridized carbons (Fsp3) is 0.600. The molecule has 1 aliphatic rings. The molecule has 1 aliphatic heterocycles. The fourth-order valence-corrected chi connectivity index (χ4v) is 4.51. The first kappa shape index (κ1) is 16.2. The standard InChI is InChI=1S/C15H22FNO3S/c1-17(13-7-9-21(18,19)11-13)8-3-4-12-5-6-15(20-2)14(16)10-12/h5-6,10,13H,3-4,7-9,11H2,1-2H3/t13-/m1/s1. The number of nitrogens with zero attached hydrogens (tertiary/aromatic N) is 1. The molecule has 1 fully saturated rings. The van der Waals surface area contributed by atoms with Crippen molar-refractivity contribution in [3.8, 4) is 5.75 Å². The van der Waals surface area contributed by atoms with Crippen LogP contribution in [-0.4, -0.2) is 51.6 Å². The predicted molar refractivity (Wildman–Crippen MR) is 81.0 cm³/mol. The monoisotopic (exact) mass is 315 g/mol. The summed E-state index contributed by atoms with van der Waals surface area (Å²) in [5, 5.41) is 0. The van der Waals surface area contributed by atoms with Crippen molar-refractivity contribution in [3.63, 3.8) is 0 Å². The van der Waals surface area contributed by atoms with Gasteiger partial charge in [-0.25, -0.2) is 12.8 Å². The summed E-state index contributed by atoms with van der Waals surface area (Å²) >= 11 is 0. The first-order valence-corrected chi connectivity index (χ1v) is 8.96. The summed E-state index contributed by atoms with van der Waals surface area (Å²) in [6.07, 6.45) is 2.36. The number of benzene rings is 1. The van der Waals surface area contributed by atoms with E-state index in [1.165, 1.54) is 13.2 Å². The minimum atomic E-state index is -2.84. The molecule has 1 atom stereocenters. The van der Waals surface area contributed by atoms with E-state index in [1.54, 1.807) is 6.07 Å². The number of methoxy groups -OCH3 is 1. The van der Waals surface area contributed by atoms with Gasteiger partial charge in [-0.2, -0.15) is 0 Å². The van der Waals surface area contributed by atoms with E-state index in [0.717, 1.165) is 31.4 Å². The van der Waals surface area contributed by atoms with Crippen molar-refractivity contribution in [3.05, 3.63) is 29.6 Å². The van der Waals surface area contributed by atoms with Crippen molar-refractivity contribution in [1.82, 2.24) is 4.90 Å². The van der Waals surface area contributed by atoms with Crippen LogP contribution in [0.2, 0.25) is 0 Å². The van der Waals surface area contributed by atoms with E-state index in [9.17, 15) is 12.8 Å². The zero-order valence-corrected chi connectivity index (χ0v) is 13.3. The molecule has 6 heteroatoms. The summed E-state index contributed by atoms with van der Waals surface area (Å²) in [4.78, 5) is 2.10. The molecule has 0 radical (unpaired) electrons. The van der Waals surface area contributed by atoms with Crippen LogP contribution < -0.4 is 4.74 Å². The molecule has 118 valence electrons. The topological polar surface area (TPSA) is 46.6 Å². The number of hydrogen-bond acceptors (Lipinski definition) is 4. The second kappa shape index (κ2) is 6.75. The van der Waals surface area contributed by atoms with Crippen LogP contribution in [0, 0.1) is 5.82 Å². The Morgan fingerprint density at radius 1 is 1.43 bits per heavy atom. The first-order chi connectivity index (χ1) is 9.91. The minimum absolute atomic E-state index is 0.127. The number of rotatable bonds is 6. The highest BCUT2D eigenvalue weighted by atomic mass is 32.2. The quantitative estimate of drug-likeness (QED) is 0.804. The lowest BCUT2D eigenvalue weighted by Crippen LogP contribution is -2.33. The van der Waals surface area contributed by atoms with Gasteiger partial charge in [-0.3, -0.25) is 0 Å². The molecule has 2 rings (SSSR count). The normalized spacial score (nSPS) is 20.9. The zero-order valence-electron chi connectivity index (χ0n) is 12.5. The van der Waals surface area contributed by atoms with Crippen molar-refractivity contribution < 1.29 is 17.5 Å². The molecule has 1 saturated heterocycles. The molecular weight excluding hydrogens is 293 g/mol. The number of hydrogen-bond donors (Lipinski definition) is 0. The maximum absolute atomic E-state index is 13.6. The summed E-state index contributed by atoms with van der Waals surface area (Å²) in [5.41, 5.74) is 0.931. The average molecular weight is 315 g/mol. The first-order valence-electron chi connectivity index (χ1n) is 7.14. The van der Waals surface area contributed by atoms with Crippen molar-refractivity contribution >= 4 is 9.84 Å². The van der Waals surface area contributed by atoms with Gasteiger partial charge < -0.3 is 9.64 Å². The third-order valence-corrected chi connectivity index (χ3v) is 5.77. The molecular formula is C15H22FNO3S. The Morgan fingerprint density at radius 2 is 2.19 bits per heavy atom. The summed E-state index contributed by atoms with van der Waals surface area (Å²) in [6.45, 7) is 0.813. The second-order valence-electron chi connectivity index (χ2n) is 5.61. The van der Waals surface area contributed by atoms with Crippen molar-refractivity contribution in [1.29, 1.82) is 0 Å². The largest absolute Gasteiger partial charge is 0.494 e. The van der Waals surface area contributed by atoms with E-state index in [2.05, 4.69) is 4.90 Å². The Kier molecular flexibility index (Phi) is 5.22. The molecule has 0 unspecified atom stereocenters. The summed E-state index contributed by atoms with van der Waals surface area (Å²) < 4.78 is 41.4. The van der Waals surface area contributed by atoms with E-state index in [-0.39, 0.29) is 23.4 Å². The van der Waals surface area contributed by atoms with Crippen molar-refractivity contribution in [2.75, 3.05) is 32.2 Å². The van der Waals surface area contributed by atoms with Gasteiger partial charge >= 0.3 is 0 Å². The predicted octanol–water partition coefficient (Wildman–Crippen LogP) is 1.89. The Labute approximate surface area is 125 Å². The molecule has 1 heterocycles. The van der Waals surface area contributed by atoms with Crippen LogP contribution in [0.4, 0.5) is 4.39 Å². The minimum Gasteiger partial charge on any atom is -0.494 e. The molecule has 0 aromatic heterocycles. The molecule has 21 heavy (non-hydrogen) atoms. The van der Waals surface area contributed by atoms with Crippen LogP contribution >= 0.6 is 0 Å². The van der Waals surface area contributed by atoms with Crippen LogP contribution in [0.15, 0.2) is 18.2 Å². The number of halogens is 1. The Hall–Kier alpha value is -1.14. The van der Waals surface area contributed by atoms with Crippen LogP contribution in [0.25, 0.3) is 0 Å². The fourth-order valence-electron chi connectivity index (χ4n) is 2.70. The molecule has 0 aliphatic carbocycles. The average Bonchev–Trinajstić information content (AvgIpc) is 2.79. The van der Waals surface area contributed by atoms with Crippen LogP contribution in [0.5, 0.6) is 5.75 Å². The van der Waals surface area contributed by atoms with E-state index in [0.29, 0.717) is 5.75 Å². The second-order valence-corrected chi connectivity index (χ2v) is 7.84. The molecule has 0 saturated carbocycles. The van der Waals surface area contributed by atoms with E-state index in [1.807, 2.05) is 13.1 Å². The van der Waals surface area contributed by atoms with Crippen LogP contribution in [0.1, 0.15) is 18.4 Å². The number of sulfone groups is 1. The molecule has 0 spiro atoms. The molecule has 0 bridgehead atoms. The lowest BCUT2D eigenvalue weighted by molar-refractivity contribution is 0.259. The molecule has 4 nitrogen and oxygen atoms in total. The molecule has 1 aromatic carbocycles. The zero-order chi connectivity index (χ0) is 15.5. The van der Waals surface area contributed by atoms with Crippen LogP contribution in [0.3, 0.4) is 0 Å². The van der Waals surface area contributed by atoms with Crippen molar-refractivity contribution in [2.24, 2.45) is 0 Å². The third-order valence-electron chi connectivity index (χ3n) is 4.02. The lowest BCUT2D eigenvalue weighted by atomic mass is 10.1. The smallest absolute Gasteiger partial charge is 0.165 e. The van der Waals surface area contributed by atoms with Crippen LogP contribution in [-0.2, 0) is 16.3 Å². The van der Waals surface area contributed by atoms with Gasteiger partial charge in [0.25, 0.3) is 0 Å². The van der Waals surface area contributed by atoms with Gasteiger partial charge in [-0.1, -0.05) is 6.07 Å². The maximum Gasteiger partial charge on any atom is 0.165 e. The van der Waals surface area contributed by atoms with Gasteiger partial charge in [-0.15, -0.1) is 0 Å². The van der Waals surface area contributed by atoms with Gasteiger partial charge in [0.15, 0.2) is 21.4 Å². The van der Waals surface area contributed by atoms with E-state index >= 15 is 0 Å². The third kappa shape index (κ3) is 4.41. The van der Waals surface area contributed by atoms with Crippen molar-refractivity contribution in [2.45, 2.75) is 25.3 Å². The highest BCUT2D eigenvalue weighted by molar-refractivity contribution is 7.91. The van der Waals surface area contributed by atoms with Gasteiger partial charge in [0, 0.05) is 6.04 Å². The Morgan fingerprint density at radius 3 is 2.76 bits per heavy atom. The molecule has 0 N–H and O–H groups in total.